The van der Waals surface area contributed by atoms with Gasteiger partial charge in [0.25, 0.3) is 0 Å². The first-order valence-electron chi connectivity index (χ1n) is 6.33. The zero-order valence-corrected chi connectivity index (χ0v) is 11.9. The molecule has 0 aliphatic carbocycles. The Morgan fingerprint density at radius 3 is 2.95 bits per heavy atom. The van der Waals surface area contributed by atoms with Crippen LogP contribution in [0, 0.1) is 5.92 Å². The molecule has 1 heterocycles. The molecule has 0 amide bonds. The molecular formula is C14H18O4S. The number of rotatable bonds is 3. The van der Waals surface area contributed by atoms with Crippen LogP contribution in [-0.2, 0) is 20.3 Å². The van der Waals surface area contributed by atoms with Crippen LogP contribution in [0.25, 0.3) is 0 Å². The van der Waals surface area contributed by atoms with Crippen LogP contribution in [0.15, 0.2) is 29.2 Å². The van der Waals surface area contributed by atoms with Gasteiger partial charge in [-0.15, -0.1) is 0 Å². The molecule has 1 aromatic rings. The van der Waals surface area contributed by atoms with Crippen LogP contribution in [0.4, 0.5) is 0 Å². The van der Waals surface area contributed by atoms with E-state index in [4.69, 9.17) is 9.47 Å². The third kappa shape index (κ3) is 3.88. The van der Waals surface area contributed by atoms with Crippen LogP contribution in [-0.4, -0.2) is 29.1 Å². The van der Waals surface area contributed by atoms with Crippen LogP contribution < -0.4 is 4.74 Å². The number of benzene rings is 1. The average Bonchev–Trinajstić information content (AvgIpc) is 2.39. The van der Waals surface area contributed by atoms with Gasteiger partial charge in [0, 0.05) is 28.6 Å². The number of hydrogen-bond donors (Lipinski definition) is 0. The second kappa shape index (κ2) is 6.30. The summed E-state index contributed by atoms with van der Waals surface area (Å²) >= 11 is 0. The third-order valence-electron chi connectivity index (χ3n) is 3.17. The lowest BCUT2D eigenvalue weighted by Gasteiger charge is -2.25. The molecule has 104 valence electrons. The Kier molecular flexibility index (Phi) is 4.71. The molecule has 1 saturated heterocycles. The average molecular weight is 282 g/mol. The normalized spacial score (nSPS) is 24.7. The first kappa shape index (κ1) is 14.2. The molecule has 0 bridgehead atoms. The molecule has 0 aromatic heterocycles. The molecule has 0 radical (unpaired) electrons. The minimum Gasteiger partial charge on any atom is -0.426 e. The van der Waals surface area contributed by atoms with Crippen molar-refractivity contribution in [3.8, 4) is 5.75 Å². The Morgan fingerprint density at radius 2 is 2.26 bits per heavy atom. The maximum Gasteiger partial charge on any atom is 0.314 e. The van der Waals surface area contributed by atoms with Crippen LogP contribution in [0.5, 0.6) is 5.75 Å². The largest absolute Gasteiger partial charge is 0.426 e. The van der Waals surface area contributed by atoms with Crippen LogP contribution in [0.2, 0.25) is 0 Å². The monoisotopic (exact) mass is 282 g/mol. The summed E-state index contributed by atoms with van der Waals surface area (Å²) in [5.74, 6) is 0.116. The Morgan fingerprint density at radius 1 is 1.47 bits per heavy atom. The van der Waals surface area contributed by atoms with Crippen molar-refractivity contribution >= 4 is 16.8 Å². The van der Waals surface area contributed by atoms with E-state index in [-0.39, 0.29) is 18.0 Å². The predicted octanol–water partition coefficient (Wildman–Crippen LogP) is 2.14. The number of hydrogen-bond acceptors (Lipinski definition) is 4. The van der Waals surface area contributed by atoms with Crippen molar-refractivity contribution < 1.29 is 18.5 Å². The van der Waals surface area contributed by atoms with Crippen molar-refractivity contribution in [1.29, 1.82) is 0 Å². The highest BCUT2D eigenvalue weighted by Crippen LogP contribution is 2.23. The second-order valence-electron chi connectivity index (χ2n) is 4.75. The Labute approximate surface area is 115 Å². The van der Waals surface area contributed by atoms with E-state index >= 15 is 0 Å². The summed E-state index contributed by atoms with van der Waals surface area (Å²) in [7, 11) is -1.08. The molecule has 1 aliphatic rings. The molecular weight excluding hydrogens is 264 g/mol. The van der Waals surface area contributed by atoms with E-state index in [1.807, 2.05) is 6.92 Å². The summed E-state index contributed by atoms with van der Waals surface area (Å²) < 4.78 is 22.2. The quantitative estimate of drug-likeness (QED) is 0.629. The first-order chi connectivity index (χ1) is 9.06. The summed E-state index contributed by atoms with van der Waals surface area (Å²) in [6, 6.07) is 6.85. The van der Waals surface area contributed by atoms with E-state index in [2.05, 4.69) is 0 Å². The Bertz CT molecular complexity index is 486. The molecule has 3 atom stereocenters. The lowest BCUT2D eigenvalue weighted by atomic mass is 9.96. The molecule has 5 heteroatoms. The van der Waals surface area contributed by atoms with Gasteiger partial charge in [0.15, 0.2) is 0 Å². The predicted molar refractivity (Wildman–Crippen MR) is 72.5 cm³/mol. The molecule has 1 aliphatic heterocycles. The zero-order chi connectivity index (χ0) is 13.8. The molecule has 1 fully saturated rings. The molecule has 1 aromatic carbocycles. The van der Waals surface area contributed by atoms with Crippen molar-refractivity contribution in [3.63, 3.8) is 0 Å². The lowest BCUT2D eigenvalue weighted by molar-refractivity contribution is -0.143. The molecule has 3 unspecified atom stereocenters. The summed E-state index contributed by atoms with van der Waals surface area (Å²) in [6.45, 7) is 2.56. The van der Waals surface area contributed by atoms with Gasteiger partial charge in [0.2, 0.25) is 0 Å². The van der Waals surface area contributed by atoms with Gasteiger partial charge in [0.1, 0.15) is 5.75 Å². The molecule has 19 heavy (non-hydrogen) atoms. The van der Waals surface area contributed by atoms with E-state index < -0.39 is 10.8 Å². The molecule has 2 rings (SSSR count). The van der Waals surface area contributed by atoms with Crippen molar-refractivity contribution in [2.75, 3.05) is 12.9 Å². The summed E-state index contributed by atoms with van der Waals surface area (Å²) in [5, 5.41) is 0. The summed E-state index contributed by atoms with van der Waals surface area (Å²) in [5.41, 5.74) is 0. The van der Waals surface area contributed by atoms with Gasteiger partial charge in [0.05, 0.1) is 12.0 Å². The van der Waals surface area contributed by atoms with Crippen LogP contribution in [0.3, 0.4) is 0 Å². The van der Waals surface area contributed by atoms with Crippen LogP contribution in [0.1, 0.15) is 19.8 Å². The van der Waals surface area contributed by atoms with E-state index in [0.29, 0.717) is 30.1 Å². The highest BCUT2D eigenvalue weighted by Gasteiger charge is 2.27. The smallest absolute Gasteiger partial charge is 0.314 e. The summed E-state index contributed by atoms with van der Waals surface area (Å²) in [4.78, 5) is 12.7. The lowest BCUT2D eigenvalue weighted by Crippen LogP contribution is -2.31. The van der Waals surface area contributed by atoms with Gasteiger partial charge < -0.3 is 9.47 Å². The zero-order valence-electron chi connectivity index (χ0n) is 11.1. The molecule has 0 spiro atoms. The Balaban J connectivity index is 2.02. The molecule has 4 nitrogen and oxygen atoms in total. The molecule has 0 saturated carbocycles. The van der Waals surface area contributed by atoms with E-state index in [0.717, 1.165) is 0 Å². The van der Waals surface area contributed by atoms with E-state index in [1.54, 1.807) is 30.5 Å². The van der Waals surface area contributed by atoms with Crippen molar-refractivity contribution in [3.05, 3.63) is 24.3 Å². The maximum atomic E-state index is 12.0. The van der Waals surface area contributed by atoms with E-state index in [9.17, 15) is 9.00 Å². The van der Waals surface area contributed by atoms with Gasteiger partial charge >= 0.3 is 5.97 Å². The van der Waals surface area contributed by atoms with Gasteiger partial charge in [-0.1, -0.05) is 6.07 Å². The highest BCUT2D eigenvalue weighted by atomic mass is 32.2. The van der Waals surface area contributed by atoms with Gasteiger partial charge in [-0.2, -0.15) is 0 Å². The SMILES string of the molecule is CC1CC(C(=O)Oc2cccc(S(C)=O)c2)CCO1. The fourth-order valence-corrected chi connectivity index (χ4v) is 2.68. The first-order valence-corrected chi connectivity index (χ1v) is 7.89. The highest BCUT2D eigenvalue weighted by molar-refractivity contribution is 7.84. The standard InChI is InChI=1S/C14H18O4S/c1-10-8-11(6-7-17-10)14(15)18-12-4-3-5-13(9-12)19(2)16/h3-5,9-11H,6-8H2,1-2H3. The fraction of sp³-hybridized carbons (Fsp3) is 0.500. The number of esters is 1. The fourth-order valence-electron chi connectivity index (χ4n) is 2.13. The second-order valence-corrected chi connectivity index (χ2v) is 6.13. The summed E-state index contributed by atoms with van der Waals surface area (Å²) in [6.07, 6.45) is 3.09. The minimum absolute atomic E-state index is 0.0979. The third-order valence-corrected chi connectivity index (χ3v) is 4.09. The minimum atomic E-state index is -1.08. The molecule has 0 N–H and O–H groups in total. The van der Waals surface area contributed by atoms with Crippen molar-refractivity contribution in [1.82, 2.24) is 0 Å². The number of carbonyl (C=O) groups is 1. The Hall–Kier alpha value is -1.20. The van der Waals surface area contributed by atoms with Crippen LogP contribution >= 0.6 is 0 Å². The maximum absolute atomic E-state index is 12.0. The van der Waals surface area contributed by atoms with Gasteiger partial charge in [-0.3, -0.25) is 9.00 Å². The van der Waals surface area contributed by atoms with E-state index in [1.165, 1.54) is 0 Å². The number of ether oxygens (including phenoxy) is 2. The van der Waals surface area contributed by atoms with Gasteiger partial charge in [-0.05, 0) is 38.0 Å². The topological polar surface area (TPSA) is 52.6 Å². The number of carbonyl (C=O) groups excluding carboxylic acids is 1. The van der Waals surface area contributed by atoms with Crippen molar-refractivity contribution in [2.45, 2.75) is 30.8 Å². The van der Waals surface area contributed by atoms with Crippen molar-refractivity contribution in [2.24, 2.45) is 5.92 Å². The van der Waals surface area contributed by atoms with Gasteiger partial charge in [-0.25, -0.2) is 0 Å².